The fourth-order valence-electron chi connectivity index (χ4n) is 5.26. The average Bonchev–Trinajstić information content (AvgIpc) is 3.43. The number of halogens is 1. The Bertz CT molecular complexity index is 993. The van der Waals surface area contributed by atoms with Gasteiger partial charge in [0, 0.05) is 17.0 Å². The van der Waals surface area contributed by atoms with E-state index < -0.39 is 5.97 Å². The Morgan fingerprint density at radius 3 is 2.68 bits per heavy atom. The van der Waals surface area contributed by atoms with Gasteiger partial charge in [0.1, 0.15) is 12.4 Å². The van der Waals surface area contributed by atoms with Crippen molar-refractivity contribution in [1.29, 1.82) is 0 Å². The van der Waals surface area contributed by atoms with Crippen LogP contribution in [0.4, 0.5) is 0 Å². The van der Waals surface area contributed by atoms with E-state index in [1.54, 1.807) is 7.11 Å². The molecular formula is C26H31BrO4. The molecule has 5 heteroatoms. The van der Waals surface area contributed by atoms with Crippen molar-refractivity contribution in [3.63, 3.8) is 0 Å². The summed E-state index contributed by atoms with van der Waals surface area (Å²) in [4.78, 5) is 11.6. The van der Waals surface area contributed by atoms with Crippen LogP contribution in [0.2, 0.25) is 0 Å². The van der Waals surface area contributed by atoms with E-state index in [-0.39, 0.29) is 22.9 Å². The highest BCUT2D eigenvalue weighted by atomic mass is 79.9. The lowest BCUT2D eigenvalue weighted by Gasteiger charge is -2.30. The van der Waals surface area contributed by atoms with Crippen LogP contribution in [0, 0.1) is 11.3 Å². The maximum atomic E-state index is 11.6. The molecule has 3 atom stereocenters. The molecular weight excluding hydrogens is 456 g/mol. The van der Waals surface area contributed by atoms with Gasteiger partial charge in [0.05, 0.1) is 12.0 Å². The van der Waals surface area contributed by atoms with Gasteiger partial charge in [-0.15, -0.1) is 0 Å². The average molecular weight is 487 g/mol. The Hall–Kier alpha value is -1.85. The monoisotopic (exact) mass is 486 g/mol. The molecule has 0 saturated heterocycles. The molecule has 2 aromatic carbocycles. The van der Waals surface area contributed by atoms with Crippen LogP contribution in [0.25, 0.3) is 0 Å². The van der Waals surface area contributed by atoms with E-state index >= 15 is 0 Å². The Kier molecular flexibility index (Phi) is 5.95. The number of hydrogen-bond donors (Lipinski definition) is 1. The fraction of sp³-hybridized carbons (Fsp3) is 0.500. The molecule has 1 unspecified atom stereocenters. The smallest absolute Gasteiger partial charge is 0.307 e. The van der Waals surface area contributed by atoms with Crippen molar-refractivity contribution in [2.75, 3.05) is 7.11 Å². The first-order chi connectivity index (χ1) is 14.7. The van der Waals surface area contributed by atoms with Crippen molar-refractivity contribution in [2.45, 2.75) is 64.6 Å². The second-order valence-corrected chi connectivity index (χ2v) is 10.9. The molecule has 0 bridgehead atoms. The van der Waals surface area contributed by atoms with Crippen LogP contribution >= 0.6 is 15.9 Å². The quantitative estimate of drug-likeness (QED) is 0.510. The molecule has 0 aliphatic heterocycles. The zero-order valence-corrected chi connectivity index (χ0v) is 20.3. The molecule has 31 heavy (non-hydrogen) atoms. The third kappa shape index (κ3) is 4.27. The predicted octanol–water partition coefficient (Wildman–Crippen LogP) is 6.44. The van der Waals surface area contributed by atoms with E-state index in [2.05, 4.69) is 67.0 Å². The highest BCUT2D eigenvalue weighted by Crippen LogP contribution is 2.60. The molecule has 4 nitrogen and oxygen atoms in total. The molecule has 166 valence electrons. The number of carboxylic acids is 1. The fourth-order valence-corrected chi connectivity index (χ4v) is 5.71. The van der Waals surface area contributed by atoms with Crippen LogP contribution in [-0.4, -0.2) is 18.2 Å². The van der Waals surface area contributed by atoms with Crippen molar-refractivity contribution in [3.05, 3.63) is 63.1 Å². The van der Waals surface area contributed by atoms with Gasteiger partial charge in [-0.05, 0) is 77.6 Å². The minimum Gasteiger partial charge on any atom is -0.489 e. The van der Waals surface area contributed by atoms with E-state index in [1.807, 2.05) is 6.07 Å². The number of carbonyl (C=O) groups is 1. The number of ether oxygens (including phenoxy) is 2. The Morgan fingerprint density at radius 2 is 2.03 bits per heavy atom. The summed E-state index contributed by atoms with van der Waals surface area (Å²) < 4.78 is 13.0. The number of benzene rings is 2. The highest BCUT2D eigenvalue weighted by molar-refractivity contribution is 9.10. The molecule has 0 heterocycles. The molecule has 1 N–H and O–H groups in total. The first-order valence-corrected chi connectivity index (χ1v) is 11.7. The Labute approximate surface area is 193 Å². The molecule has 4 rings (SSSR count). The summed E-state index contributed by atoms with van der Waals surface area (Å²) >= 11 is 3.67. The van der Waals surface area contributed by atoms with Crippen LogP contribution in [0.3, 0.4) is 0 Å². The van der Waals surface area contributed by atoms with Crippen molar-refractivity contribution < 1.29 is 19.4 Å². The van der Waals surface area contributed by atoms with Crippen molar-refractivity contribution in [1.82, 2.24) is 0 Å². The lowest BCUT2D eigenvalue weighted by Crippen LogP contribution is -2.21. The summed E-state index contributed by atoms with van der Waals surface area (Å²) in [6.07, 6.45) is 3.76. The maximum Gasteiger partial charge on any atom is 0.307 e. The van der Waals surface area contributed by atoms with Crippen molar-refractivity contribution >= 4 is 21.9 Å². The number of aryl methyl sites for hydroxylation is 1. The molecule has 2 aromatic rings. The molecule has 1 spiro atoms. The largest absolute Gasteiger partial charge is 0.489 e. The van der Waals surface area contributed by atoms with Crippen LogP contribution in [0.5, 0.6) is 5.75 Å². The van der Waals surface area contributed by atoms with Crippen molar-refractivity contribution in [3.8, 4) is 5.75 Å². The first-order valence-electron chi connectivity index (χ1n) is 11.0. The molecule has 0 aromatic heterocycles. The van der Waals surface area contributed by atoms with E-state index in [0.29, 0.717) is 6.61 Å². The van der Waals surface area contributed by atoms with E-state index in [4.69, 9.17) is 9.47 Å². The summed E-state index contributed by atoms with van der Waals surface area (Å²) in [6, 6.07) is 12.5. The van der Waals surface area contributed by atoms with Gasteiger partial charge in [-0.1, -0.05) is 48.8 Å². The van der Waals surface area contributed by atoms with Gasteiger partial charge in [-0.2, -0.15) is 0 Å². The molecule has 1 saturated carbocycles. The Morgan fingerprint density at radius 1 is 1.26 bits per heavy atom. The normalized spacial score (nSPS) is 23.3. The number of hydrogen-bond acceptors (Lipinski definition) is 3. The second kappa shape index (κ2) is 8.25. The van der Waals surface area contributed by atoms with Crippen LogP contribution < -0.4 is 4.74 Å². The first kappa shape index (κ1) is 22.3. The second-order valence-electron chi connectivity index (χ2n) is 10.0. The van der Waals surface area contributed by atoms with E-state index in [0.717, 1.165) is 47.0 Å². The molecule has 2 aliphatic carbocycles. The highest BCUT2D eigenvalue weighted by Gasteiger charge is 2.60. The van der Waals surface area contributed by atoms with Gasteiger partial charge in [-0.3, -0.25) is 4.79 Å². The van der Waals surface area contributed by atoms with Gasteiger partial charge >= 0.3 is 5.97 Å². The minimum atomic E-state index is -0.673. The number of rotatable bonds is 6. The summed E-state index contributed by atoms with van der Waals surface area (Å²) in [5.41, 5.74) is 4.44. The summed E-state index contributed by atoms with van der Waals surface area (Å²) in [5.74, 6) is -0.119. The third-order valence-electron chi connectivity index (χ3n) is 6.83. The van der Waals surface area contributed by atoms with Gasteiger partial charge in [0.2, 0.25) is 0 Å². The zero-order chi connectivity index (χ0) is 22.4. The predicted molar refractivity (Wildman–Crippen MR) is 124 cm³/mol. The van der Waals surface area contributed by atoms with Gasteiger partial charge < -0.3 is 14.6 Å². The molecule has 2 aliphatic rings. The number of carboxylic acid groups (broad SMARTS) is 1. The zero-order valence-electron chi connectivity index (χ0n) is 18.7. The third-order valence-corrected chi connectivity index (χ3v) is 7.55. The number of methoxy groups -OCH3 is 1. The molecule has 1 fully saturated rings. The van der Waals surface area contributed by atoms with Crippen LogP contribution in [-0.2, 0) is 28.0 Å². The van der Waals surface area contributed by atoms with Crippen molar-refractivity contribution in [2.24, 2.45) is 11.3 Å². The van der Waals surface area contributed by atoms with Crippen LogP contribution in [0.1, 0.15) is 68.4 Å². The van der Waals surface area contributed by atoms with E-state index in [9.17, 15) is 9.90 Å². The topological polar surface area (TPSA) is 55.8 Å². The van der Waals surface area contributed by atoms with Gasteiger partial charge in [0.25, 0.3) is 0 Å². The summed E-state index contributed by atoms with van der Waals surface area (Å²) in [5, 5.41) is 9.54. The Balaban J connectivity index is 1.54. The van der Waals surface area contributed by atoms with Gasteiger partial charge in [0.15, 0.2) is 0 Å². The lowest BCUT2D eigenvalue weighted by molar-refractivity contribution is -0.139. The minimum absolute atomic E-state index is 0.0332. The van der Waals surface area contributed by atoms with E-state index in [1.165, 1.54) is 11.1 Å². The standard InChI is InChI=1S/C26H31BrO4/c1-25(2,3)23(30-4)19-12-16(7-10-22(19)27)15-31-18-9-8-17-6-5-11-26(20(17)13-18)14-21(26)24(28)29/h7-10,12-13,21,23H,5-6,11,14-15H2,1-4H3,(H,28,29)/t21-,23-,26?/m0/s1. The maximum absolute atomic E-state index is 11.6. The summed E-state index contributed by atoms with van der Waals surface area (Å²) in [7, 11) is 1.75. The van der Waals surface area contributed by atoms with Gasteiger partial charge in [-0.25, -0.2) is 0 Å². The van der Waals surface area contributed by atoms with Crippen LogP contribution in [0.15, 0.2) is 40.9 Å². The number of fused-ring (bicyclic) bond motifs is 2. The lowest BCUT2D eigenvalue weighted by atomic mass is 9.78. The SMILES string of the molecule is CO[C@@H](c1cc(COc2ccc3c(c2)C2(CCC3)C[C@H]2C(=O)O)ccc1Br)C(C)(C)C. The molecule has 0 amide bonds. The molecule has 0 radical (unpaired) electrons. The number of aliphatic carboxylic acids is 1. The summed E-state index contributed by atoms with van der Waals surface area (Å²) in [6.45, 7) is 6.96.